The first-order chi connectivity index (χ1) is 11.9. The molecule has 0 aromatic heterocycles. The topological polar surface area (TPSA) is 129 Å². The summed E-state index contributed by atoms with van der Waals surface area (Å²) < 4.78 is 32.8. The summed E-state index contributed by atoms with van der Waals surface area (Å²) >= 11 is 0. The minimum atomic E-state index is -4.45. The number of hydrogen-bond donors (Lipinski definition) is 2. The van der Waals surface area contributed by atoms with E-state index in [1.807, 2.05) is 6.07 Å². The summed E-state index contributed by atoms with van der Waals surface area (Å²) in [5.74, 6) is 0. The molecule has 25 heavy (non-hydrogen) atoms. The predicted molar refractivity (Wildman–Crippen MR) is 93.5 cm³/mol. The zero-order valence-electron chi connectivity index (χ0n) is 12.8. The molecule has 0 aliphatic carbocycles. The van der Waals surface area contributed by atoms with Crippen LogP contribution in [0.25, 0.3) is 10.8 Å². The molecule has 0 radical (unpaired) electrons. The number of fused-ring (bicyclic) bond motifs is 1. The van der Waals surface area contributed by atoms with Crippen LogP contribution in [0.15, 0.2) is 69.7 Å². The van der Waals surface area contributed by atoms with Crippen molar-refractivity contribution in [2.24, 2.45) is 10.2 Å². The van der Waals surface area contributed by atoms with Crippen LogP contribution in [0, 0.1) is 11.3 Å². The summed E-state index contributed by atoms with van der Waals surface area (Å²) in [6.07, 6.45) is 0. The maximum Gasteiger partial charge on any atom is 0.295 e. The molecule has 0 saturated carbocycles. The molecule has 0 spiro atoms. The third-order valence-electron chi connectivity index (χ3n) is 3.57. The summed E-state index contributed by atoms with van der Waals surface area (Å²) in [7, 11) is -4.45. The maximum atomic E-state index is 11.7. The van der Waals surface area contributed by atoms with Crippen molar-refractivity contribution in [3.63, 3.8) is 0 Å². The molecule has 0 unspecified atom stereocenters. The molecule has 0 aliphatic rings. The van der Waals surface area contributed by atoms with Crippen LogP contribution in [0.2, 0.25) is 0 Å². The van der Waals surface area contributed by atoms with E-state index in [-0.39, 0.29) is 16.3 Å². The number of rotatable bonds is 3. The summed E-state index contributed by atoms with van der Waals surface area (Å²) in [4.78, 5) is -0.286. The van der Waals surface area contributed by atoms with Gasteiger partial charge in [-0.3, -0.25) is 4.55 Å². The number of nitrogens with zero attached hydrogens (tertiary/aromatic N) is 3. The lowest BCUT2D eigenvalue weighted by Crippen LogP contribution is -2.01. The molecule has 8 heteroatoms. The van der Waals surface area contributed by atoms with Crippen LogP contribution in [0.5, 0.6) is 0 Å². The van der Waals surface area contributed by atoms with Crippen molar-refractivity contribution >= 4 is 38.0 Å². The number of anilines is 1. The molecule has 7 nitrogen and oxygen atoms in total. The zero-order chi connectivity index (χ0) is 18.0. The van der Waals surface area contributed by atoms with Crippen molar-refractivity contribution in [2.45, 2.75) is 4.90 Å². The summed E-state index contributed by atoms with van der Waals surface area (Å²) in [6, 6.07) is 16.1. The minimum absolute atomic E-state index is 0.121. The number of azo groups is 1. The average Bonchev–Trinajstić information content (AvgIpc) is 2.61. The van der Waals surface area contributed by atoms with E-state index < -0.39 is 10.1 Å². The SMILES string of the molecule is N#Cc1ccc(N=Nc2cc(S(=O)(=O)O)c3ccccc3c2N)cc1. The number of hydrogen-bond acceptors (Lipinski definition) is 6. The molecule has 0 fully saturated rings. The Balaban J connectivity index is 2.14. The number of nitrogens with two attached hydrogens (primary N) is 1. The first-order valence-electron chi connectivity index (χ1n) is 7.11. The average molecular weight is 352 g/mol. The Morgan fingerprint density at radius 1 is 1.00 bits per heavy atom. The van der Waals surface area contributed by atoms with Gasteiger partial charge in [-0.25, -0.2) is 0 Å². The molecule has 3 N–H and O–H groups in total. The Morgan fingerprint density at radius 2 is 1.64 bits per heavy atom. The Morgan fingerprint density at radius 3 is 2.24 bits per heavy atom. The summed E-state index contributed by atoms with van der Waals surface area (Å²) in [5, 5.41) is 17.5. The van der Waals surface area contributed by atoms with Gasteiger partial charge < -0.3 is 5.73 Å². The van der Waals surface area contributed by atoms with E-state index >= 15 is 0 Å². The first-order valence-corrected chi connectivity index (χ1v) is 8.55. The van der Waals surface area contributed by atoms with Gasteiger partial charge in [0, 0.05) is 10.8 Å². The van der Waals surface area contributed by atoms with Crippen LogP contribution in [0.1, 0.15) is 5.56 Å². The van der Waals surface area contributed by atoms with Gasteiger partial charge in [-0.2, -0.15) is 18.8 Å². The quantitative estimate of drug-likeness (QED) is 0.419. The van der Waals surface area contributed by atoms with Gasteiger partial charge in [0.05, 0.1) is 23.0 Å². The van der Waals surface area contributed by atoms with Gasteiger partial charge in [0.2, 0.25) is 0 Å². The van der Waals surface area contributed by atoms with Gasteiger partial charge >= 0.3 is 0 Å². The highest BCUT2D eigenvalue weighted by Crippen LogP contribution is 2.36. The second kappa shape index (κ2) is 6.32. The summed E-state index contributed by atoms with van der Waals surface area (Å²) in [6.45, 7) is 0. The number of benzene rings is 3. The molecule has 0 amide bonds. The lowest BCUT2D eigenvalue weighted by Gasteiger charge is -2.09. The molecular formula is C17H12N4O3S. The molecule has 0 atom stereocenters. The zero-order valence-corrected chi connectivity index (χ0v) is 13.6. The molecule has 0 aliphatic heterocycles. The van der Waals surface area contributed by atoms with Crippen molar-refractivity contribution in [1.29, 1.82) is 5.26 Å². The molecule has 0 bridgehead atoms. The van der Waals surface area contributed by atoms with Crippen molar-refractivity contribution < 1.29 is 13.0 Å². The van der Waals surface area contributed by atoms with Crippen molar-refractivity contribution in [1.82, 2.24) is 0 Å². The summed E-state index contributed by atoms with van der Waals surface area (Å²) in [5.41, 5.74) is 7.40. The fraction of sp³-hybridized carbons (Fsp3) is 0. The van der Waals surface area contributed by atoms with Gasteiger partial charge in [-0.15, -0.1) is 5.11 Å². The lowest BCUT2D eigenvalue weighted by atomic mass is 10.1. The van der Waals surface area contributed by atoms with Gasteiger partial charge in [0.25, 0.3) is 10.1 Å². The van der Waals surface area contributed by atoms with E-state index in [9.17, 15) is 13.0 Å². The smallest absolute Gasteiger partial charge is 0.295 e. The second-order valence-electron chi connectivity index (χ2n) is 5.19. The lowest BCUT2D eigenvalue weighted by molar-refractivity contribution is 0.484. The van der Waals surface area contributed by atoms with E-state index in [0.717, 1.165) is 0 Å². The van der Waals surface area contributed by atoms with Crippen LogP contribution in [-0.2, 0) is 10.1 Å². The second-order valence-corrected chi connectivity index (χ2v) is 6.58. The monoisotopic (exact) mass is 352 g/mol. The van der Waals surface area contributed by atoms with Crippen LogP contribution in [-0.4, -0.2) is 13.0 Å². The van der Waals surface area contributed by atoms with E-state index in [4.69, 9.17) is 11.0 Å². The van der Waals surface area contributed by atoms with Crippen molar-refractivity contribution in [2.75, 3.05) is 5.73 Å². The molecule has 0 heterocycles. The number of nitrogen functional groups attached to an aromatic ring is 1. The standard InChI is InChI=1S/C17H12N4O3S/c18-10-11-5-7-12(8-6-11)20-21-15-9-16(25(22,23)24)13-3-1-2-4-14(13)17(15)19/h1-9H,19H2,(H,22,23,24). The van der Waals surface area contributed by atoms with Crippen LogP contribution >= 0.6 is 0 Å². The van der Waals surface area contributed by atoms with Crippen molar-refractivity contribution in [3.05, 3.63) is 60.2 Å². The highest BCUT2D eigenvalue weighted by Gasteiger charge is 2.18. The molecular weight excluding hydrogens is 340 g/mol. The molecule has 124 valence electrons. The molecule has 3 aromatic rings. The fourth-order valence-corrected chi connectivity index (χ4v) is 3.08. The fourth-order valence-electron chi connectivity index (χ4n) is 2.36. The van der Waals surface area contributed by atoms with E-state index in [0.29, 0.717) is 22.0 Å². The number of nitriles is 1. The van der Waals surface area contributed by atoms with E-state index in [2.05, 4.69) is 10.2 Å². The highest BCUT2D eigenvalue weighted by atomic mass is 32.2. The molecule has 0 saturated heterocycles. The Hall–Kier alpha value is -3.28. The van der Waals surface area contributed by atoms with E-state index in [1.165, 1.54) is 6.07 Å². The highest BCUT2D eigenvalue weighted by molar-refractivity contribution is 7.86. The largest absolute Gasteiger partial charge is 0.396 e. The van der Waals surface area contributed by atoms with Gasteiger partial charge in [0.15, 0.2) is 0 Å². The maximum absolute atomic E-state index is 11.7. The third kappa shape index (κ3) is 3.33. The van der Waals surface area contributed by atoms with Crippen LogP contribution in [0.3, 0.4) is 0 Å². The minimum Gasteiger partial charge on any atom is -0.396 e. The molecule has 3 rings (SSSR count). The van der Waals surface area contributed by atoms with Gasteiger partial charge in [0.1, 0.15) is 10.6 Å². The van der Waals surface area contributed by atoms with Crippen molar-refractivity contribution in [3.8, 4) is 6.07 Å². The first kappa shape index (κ1) is 16.6. The van der Waals surface area contributed by atoms with Gasteiger partial charge in [-0.1, -0.05) is 24.3 Å². The normalized spacial score (nSPS) is 11.7. The van der Waals surface area contributed by atoms with Crippen LogP contribution in [0.4, 0.5) is 17.1 Å². The predicted octanol–water partition coefficient (Wildman–Crippen LogP) is 3.96. The third-order valence-corrected chi connectivity index (χ3v) is 4.47. The van der Waals surface area contributed by atoms with E-state index in [1.54, 1.807) is 48.5 Å². The molecule has 3 aromatic carbocycles. The Kier molecular flexibility index (Phi) is 4.19. The van der Waals surface area contributed by atoms with Gasteiger partial charge in [-0.05, 0) is 30.3 Å². The Bertz CT molecular complexity index is 1130. The van der Waals surface area contributed by atoms with Crippen LogP contribution < -0.4 is 5.73 Å². The Labute approximate surface area is 143 Å².